The van der Waals surface area contributed by atoms with E-state index in [-0.39, 0.29) is 11.9 Å². The van der Waals surface area contributed by atoms with Gasteiger partial charge in [-0.1, -0.05) is 12.1 Å². The molecular formula is C13H17ClN2O. The first kappa shape index (κ1) is 12.4. The van der Waals surface area contributed by atoms with Gasteiger partial charge in [-0.2, -0.15) is 0 Å². The molecule has 0 aliphatic carbocycles. The lowest BCUT2D eigenvalue weighted by Gasteiger charge is -2.21. The summed E-state index contributed by atoms with van der Waals surface area (Å²) in [6.45, 7) is 0. The van der Waals surface area contributed by atoms with Gasteiger partial charge in [0.25, 0.3) is 0 Å². The number of benzene rings is 1. The van der Waals surface area contributed by atoms with Crippen LogP contribution in [-0.4, -0.2) is 18.8 Å². The monoisotopic (exact) mass is 252 g/mol. The molecule has 0 spiro atoms. The first-order valence-electron chi connectivity index (χ1n) is 5.90. The number of hydrogen-bond acceptors (Lipinski definition) is 2. The van der Waals surface area contributed by atoms with Crippen molar-refractivity contribution in [1.82, 2.24) is 5.32 Å². The molecule has 2 N–H and O–H groups in total. The van der Waals surface area contributed by atoms with E-state index >= 15 is 0 Å². The quantitative estimate of drug-likeness (QED) is 0.809. The molecule has 1 aliphatic rings. The molecule has 0 fully saturated rings. The highest BCUT2D eigenvalue weighted by Gasteiger charge is 2.16. The van der Waals surface area contributed by atoms with E-state index in [1.165, 1.54) is 11.1 Å². The Morgan fingerprint density at radius 3 is 3.00 bits per heavy atom. The van der Waals surface area contributed by atoms with Gasteiger partial charge in [0.15, 0.2) is 0 Å². The highest BCUT2D eigenvalue weighted by molar-refractivity contribution is 6.17. The number of alkyl halides is 1. The summed E-state index contributed by atoms with van der Waals surface area (Å²) in [4.78, 5) is 11.3. The van der Waals surface area contributed by atoms with Gasteiger partial charge in [0, 0.05) is 24.0 Å². The lowest BCUT2D eigenvalue weighted by molar-refractivity contribution is -0.116. The Labute approximate surface area is 107 Å². The van der Waals surface area contributed by atoms with Gasteiger partial charge < -0.3 is 10.6 Å². The summed E-state index contributed by atoms with van der Waals surface area (Å²) in [6, 6.07) is 6.50. The Hall–Kier alpha value is -1.06. The van der Waals surface area contributed by atoms with Gasteiger partial charge in [-0.05, 0) is 37.1 Å². The van der Waals surface area contributed by atoms with Gasteiger partial charge in [-0.15, -0.1) is 11.6 Å². The van der Waals surface area contributed by atoms with Crippen molar-refractivity contribution >= 4 is 23.2 Å². The predicted molar refractivity (Wildman–Crippen MR) is 70.5 cm³/mol. The first-order chi connectivity index (χ1) is 8.24. The predicted octanol–water partition coefficient (Wildman–Crippen LogP) is 2.46. The first-order valence-corrected chi connectivity index (χ1v) is 6.44. The number of amides is 1. The van der Waals surface area contributed by atoms with Crippen LogP contribution in [0.1, 0.15) is 30.0 Å². The fourth-order valence-electron chi connectivity index (χ4n) is 2.21. The average Bonchev–Trinajstić information content (AvgIpc) is 2.35. The molecule has 0 aromatic heterocycles. The fourth-order valence-corrected chi connectivity index (χ4v) is 2.43. The minimum atomic E-state index is 0.108. The van der Waals surface area contributed by atoms with E-state index < -0.39 is 0 Å². The highest BCUT2D eigenvalue weighted by Crippen LogP contribution is 2.27. The molecule has 1 amide bonds. The molecule has 1 heterocycles. The lowest BCUT2D eigenvalue weighted by atomic mass is 9.96. The van der Waals surface area contributed by atoms with Crippen LogP contribution in [0.4, 0.5) is 5.69 Å². The molecule has 2 rings (SSSR count). The number of anilines is 1. The molecular weight excluding hydrogens is 236 g/mol. The smallest absolute Gasteiger partial charge is 0.224 e. The van der Waals surface area contributed by atoms with E-state index in [2.05, 4.69) is 22.8 Å². The minimum absolute atomic E-state index is 0.108. The number of halogens is 1. The standard InChI is InChI=1S/C13H17ClN2O/c1-15-11(6-7-14)9-2-4-12-10(8-9)3-5-13(17)16-12/h2,4,8,11,15H,3,5-7H2,1H3,(H,16,17). The Bertz CT molecular complexity index is 420. The Balaban J connectivity index is 2.23. The van der Waals surface area contributed by atoms with E-state index in [0.717, 1.165) is 18.5 Å². The number of carbonyl (C=O) groups excluding carboxylic acids is 1. The molecule has 4 heteroatoms. The molecule has 0 saturated carbocycles. The maximum absolute atomic E-state index is 11.3. The van der Waals surface area contributed by atoms with Crippen LogP contribution >= 0.6 is 11.6 Å². The van der Waals surface area contributed by atoms with Gasteiger partial charge in [0.2, 0.25) is 5.91 Å². The van der Waals surface area contributed by atoms with Crippen molar-refractivity contribution in [3.05, 3.63) is 29.3 Å². The molecule has 0 radical (unpaired) electrons. The molecule has 1 atom stereocenters. The SMILES string of the molecule is CNC(CCCl)c1ccc2c(c1)CCC(=O)N2. The third-order valence-electron chi connectivity index (χ3n) is 3.17. The summed E-state index contributed by atoms with van der Waals surface area (Å²) in [5.41, 5.74) is 3.41. The Morgan fingerprint density at radius 1 is 1.47 bits per heavy atom. The summed E-state index contributed by atoms with van der Waals surface area (Å²) in [6.07, 6.45) is 2.31. The molecule has 1 aromatic rings. The summed E-state index contributed by atoms with van der Waals surface area (Å²) in [5, 5.41) is 6.15. The van der Waals surface area contributed by atoms with Gasteiger partial charge in [-0.3, -0.25) is 4.79 Å². The van der Waals surface area contributed by atoms with Crippen LogP contribution in [-0.2, 0) is 11.2 Å². The number of aryl methyl sites for hydroxylation is 1. The van der Waals surface area contributed by atoms with E-state index in [9.17, 15) is 4.79 Å². The Kier molecular flexibility index (Phi) is 4.02. The van der Waals surface area contributed by atoms with Crippen LogP contribution in [0.25, 0.3) is 0 Å². The third-order valence-corrected chi connectivity index (χ3v) is 3.39. The van der Waals surface area contributed by atoms with E-state index in [1.54, 1.807) is 0 Å². The molecule has 92 valence electrons. The van der Waals surface area contributed by atoms with Crippen molar-refractivity contribution in [2.24, 2.45) is 0 Å². The molecule has 1 unspecified atom stereocenters. The van der Waals surface area contributed by atoms with E-state index in [0.29, 0.717) is 12.3 Å². The molecule has 0 bridgehead atoms. The molecule has 1 aromatic carbocycles. The van der Waals surface area contributed by atoms with Crippen LogP contribution in [0.2, 0.25) is 0 Å². The van der Waals surface area contributed by atoms with Gasteiger partial charge in [-0.25, -0.2) is 0 Å². The summed E-state index contributed by atoms with van der Waals surface area (Å²) in [5.74, 6) is 0.746. The largest absolute Gasteiger partial charge is 0.326 e. The second-order valence-electron chi connectivity index (χ2n) is 4.28. The van der Waals surface area contributed by atoms with Crippen molar-refractivity contribution in [2.75, 3.05) is 18.2 Å². The van der Waals surface area contributed by atoms with Crippen molar-refractivity contribution in [3.8, 4) is 0 Å². The number of hydrogen-bond donors (Lipinski definition) is 2. The molecule has 0 saturated heterocycles. The topological polar surface area (TPSA) is 41.1 Å². The number of carbonyl (C=O) groups is 1. The van der Waals surface area contributed by atoms with Crippen LogP contribution < -0.4 is 10.6 Å². The van der Waals surface area contributed by atoms with Crippen LogP contribution in [0.3, 0.4) is 0 Å². The number of rotatable bonds is 4. The van der Waals surface area contributed by atoms with Gasteiger partial charge in [0.05, 0.1) is 0 Å². The second-order valence-corrected chi connectivity index (χ2v) is 4.66. The zero-order valence-corrected chi connectivity index (χ0v) is 10.7. The summed E-state index contributed by atoms with van der Waals surface area (Å²) in [7, 11) is 1.94. The van der Waals surface area contributed by atoms with Gasteiger partial charge in [0.1, 0.15) is 0 Å². The Morgan fingerprint density at radius 2 is 2.29 bits per heavy atom. The van der Waals surface area contributed by atoms with Crippen molar-refractivity contribution < 1.29 is 4.79 Å². The van der Waals surface area contributed by atoms with Crippen molar-refractivity contribution in [3.63, 3.8) is 0 Å². The van der Waals surface area contributed by atoms with Crippen molar-refractivity contribution in [2.45, 2.75) is 25.3 Å². The fraction of sp³-hybridized carbons (Fsp3) is 0.462. The highest BCUT2D eigenvalue weighted by atomic mass is 35.5. The van der Waals surface area contributed by atoms with Crippen LogP contribution in [0.15, 0.2) is 18.2 Å². The summed E-state index contributed by atoms with van der Waals surface area (Å²) < 4.78 is 0. The second kappa shape index (κ2) is 5.52. The van der Waals surface area contributed by atoms with Crippen molar-refractivity contribution in [1.29, 1.82) is 0 Å². The zero-order chi connectivity index (χ0) is 12.3. The molecule has 17 heavy (non-hydrogen) atoms. The summed E-state index contributed by atoms with van der Waals surface area (Å²) >= 11 is 5.79. The maximum atomic E-state index is 11.3. The van der Waals surface area contributed by atoms with Crippen LogP contribution in [0.5, 0.6) is 0 Å². The number of fused-ring (bicyclic) bond motifs is 1. The van der Waals surface area contributed by atoms with Crippen LogP contribution in [0, 0.1) is 0 Å². The van der Waals surface area contributed by atoms with E-state index in [1.807, 2.05) is 13.1 Å². The zero-order valence-electron chi connectivity index (χ0n) is 9.92. The number of nitrogens with one attached hydrogen (secondary N) is 2. The lowest BCUT2D eigenvalue weighted by Crippen LogP contribution is -2.21. The normalized spacial score (nSPS) is 16.2. The minimum Gasteiger partial charge on any atom is -0.326 e. The third kappa shape index (κ3) is 2.79. The van der Waals surface area contributed by atoms with E-state index in [4.69, 9.17) is 11.6 Å². The van der Waals surface area contributed by atoms with Gasteiger partial charge >= 0.3 is 0 Å². The average molecular weight is 253 g/mol. The maximum Gasteiger partial charge on any atom is 0.224 e. The molecule has 3 nitrogen and oxygen atoms in total. The molecule has 1 aliphatic heterocycles.